The highest BCUT2D eigenvalue weighted by Crippen LogP contribution is 2.21. The molecule has 0 saturated heterocycles. The van der Waals surface area contributed by atoms with Crippen LogP contribution in [0.5, 0.6) is 11.5 Å². The van der Waals surface area contributed by atoms with Gasteiger partial charge in [-0.15, -0.1) is 0 Å². The minimum absolute atomic E-state index is 0.0986. The van der Waals surface area contributed by atoms with Gasteiger partial charge in [0.15, 0.2) is 0 Å². The fourth-order valence-corrected chi connectivity index (χ4v) is 4.54. The summed E-state index contributed by atoms with van der Waals surface area (Å²) in [5, 5.41) is 20.3. The molecular formula is C34H29N3O5. The van der Waals surface area contributed by atoms with Crippen molar-refractivity contribution in [1.29, 1.82) is 0 Å². The van der Waals surface area contributed by atoms with Gasteiger partial charge in [-0.1, -0.05) is 54.6 Å². The summed E-state index contributed by atoms with van der Waals surface area (Å²) >= 11 is 0. The van der Waals surface area contributed by atoms with Crippen molar-refractivity contribution in [1.82, 2.24) is 5.32 Å². The SMILES string of the molecule is COc1ccc(C(=O)Nc2ccccc2C(=O)N[C@H](Cc2ccc(O)cc2)C(=O)Nc2ccc3ccccc3c2)cc1. The Morgan fingerprint density at radius 3 is 2.17 bits per heavy atom. The van der Waals surface area contributed by atoms with Crippen LogP contribution in [0.3, 0.4) is 0 Å². The van der Waals surface area contributed by atoms with E-state index in [1.807, 2.05) is 42.5 Å². The average Bonchev–Trinajstić information content (AvgIpc) is 3.02. The molecule has 0 aliphatic rings. The molecule has 5 rings (SSSR count). The summed E-state index contributed by atoms with van der Waals surface area (Å²) in [7, 11) is 1.54. The molecule has 0 aliphatic heterocycles. The average molecular weight is 560 g/mol. The molecule has 3 amide bonds. The van der Waals surface area contributed by atoms with Crippen LogP contribution in [0.15, 0.2) is 115 Å². The molecule has 0 bridgehead atoms. The van der Waals surface area contributed by atoms with Gasteiger partial charge in [0.2, 0.25) is 5.91 Å². The van der Waals surface area contributed by atoms with Crippen molar-refractivity contribution in [3.63, 3.8) is 0 Å². The molecule has 0 spiro atoms. The number of carbonyl (C=O) groups excluding carboxylic acids is 3. The number of ether oxygens (including phenoxy) is 1. The van der Waals surface area contributed by atoms with Crippen molar-refractivity contribution in [2.75, 3.05) is 17.7 Å². The van der Waals surface area contributed by atoms with Crippen molar-refractivity contribution in [2.24, 2.45) is 0 Å². The highest BCUT2D eigenvalue weighted by atomic mass is 16.5. The molecule has 0 aliphatic carbocycles. The second kappa shape index (κ2) is 12.7. The van der Waals surface area contributed by atoms with Crippen molar-refractivity contribution in [2.45, 2.75) is 12.5 Å². The van der Waals surface area contributed by atoms with Gasteiger partial charge < -0.3 is 25.8 Å². The van der Waals surface area contributed by atoms with Crippen molar-refractivity contribution >= 4 is 39.9 Å². The van der Waals surface area contributed by atoms with Crippen LogP contribution in [0, 0.1) is 0 Å². The van der Waals surface area contributed by atoms with Gasteiger partial charge in [0.25, 0.3) is 11.8 Å². The maximum atomic E-state index is 13.6. The first kappa shape index (κ1) is 27.9. The molecule has 210 valence electrons. The number of phenols is 1. The van der Waals surface area contributed by atoms with Gasteiger partial charge in [-0.05, 0) is 77.0 Å². The van der Waals surface area contributed by atoms with Crippen LogP contribution in [-0.2, 0) is 11.2 Å². The van der Waals surface area contributed by atoms with E-state index in [9.17, 15) is 19.5 Å². The zero-order chi connectivity index (χ0) is 29.5. The van der Waals surface area contributed by atoms with Gasteiger partial charge in [-0.3, -0.25) is 14.4 Å². The first-order valence-corrected chi connectivity index (χ1v) is 13.3. The minimum Gasteiger partial charge on any atom is -0.508 e. The highest BCUT2D eigenvalue weighted by molar-refractivity contribution is 6.10. The van der Waals surface area contributed by atoms with E-state index in [4.69, 9.17) is 4.74 Å². The number of hydrogen-bond acceptors (Lipinski definition) is 5. The van der Waals surface area contributed by atoms with Crippen LogP contribution >= 0.6 is 0 Å². The summed E-state index contributed by atoms with van der Waals surface area (Å²) < 4.78 is 5.15. The highest BCUT2D eigenvalue weighted by Gasteiger charge is 2.24. The molecule has 0 heterocycles. The number of para-hydroxylation sites is 1. The van der Waals surface area contributed by atoms with Crippen LogP contribution in [0.2, 0.25) is 0 Å². The Morgan fingerprint density at radius 2 is 1.43 bits per heavy atom. The van der Waals surface area contributed by atoms with E-state index in [2.05, 4.69) is 16.0 Å². The summed E-state index contributed by atoms with van der Waals surface area (Å²) in [6, 6.07) is 32.1. The van der Waals surface area contributed by atoms with E-state index in [1.54, 1.807) is 67.8 Å². The van der Waals surface area contributed by atoms with E-state index in [1.165, 1.54) is 12.1 Å². The van der Waals surface area contributed by atoms with Crippen LogP contribution < -0.4 is 20.7 Å². The number of nitrogens with one attached hydrogen (secondary N) is 3. The fourth-order valence-electron chi connectivity index (χ4n) is 4.54. The molecule has 1 atom stereocenters. The zero-order valence-corrected chi connectivity index (χ0v) is 22.8. The van der Waals surface area contributed by atoms with Crippen molar-refractivity contribution < 1.29 is 24.2 Å². The van der Waals surface area contributed by atoms with Crippen LogP contribution in [0.4, 0.5) is 11.4 Å². The molecule has 5 aromatic carbocycles. The Hall–Kier alpha value is -5.63. The summed E-state index contributed by atoms with van der Waals surface area (Å²) in [4.78, 5) is 40.0. The van der Waals surface area contributed by atoms with Gasteiger partial charge in [-0.2, -0.15) is 0 Å². The molecule has 0 saturated carbocycles. The number of hydrogen-bond donors (Lipinski definition) is 4. The Labute approximate surface area is 243 Å². The lowest BCUT2D eigenvalue weighted by Crippen LogP contribution is -2.45. The third kappa shape index (κ3) is 6.74. The summed E-state index contributed by atoms with van der Waals surface area (Å²) in [5.41, 5.74) is 2.23. The number of rotatable bonds is 9. The number of anilines is 2. The number of benzene rings is 5. The lowest BCUT2D eigenvalue weighted by atomic mass is 10.0. The Morgan fingerprint density at radius 1 is 0.738 bits per heavy atom. The summed E-state index contributed by atoms with van der Waals surface area (Å²) in [6.45, 7) is 0. The molecule has 8 heteroatoms. The third-order valence-corrected chi connectivity index (χ3v) is 6.79. The van der Waals surface area contributed by atoms with Gasteiger partial charge in [-0.25, -0.2) is 0 Å². The predicted molar refractivity (Wildman–Crippen MR) is 163 cm³/mol. The normalized spacial score (nSPS) is 11.4. The van der Waals surface area contributed by atoms with Crippen molar-refractivity contribution in [3.05, 3.63) is 132 Å². The van der Waals surface area contributed by atoms with Gasteiger partial charge >= 0.3 is 0 Å². The van der Waals surface area contributed by atoms with E-state index in [0.29, 0.717) is 22.7 Å². The predicted octanol–water partition coefficient (Wildman–Crippen LogP) is 5.79. The molecule has 42 heavy (non-hydrogen) atoms. The minimum atomic E-state index is -0.959. The molecule has 0 aromatic heterocycles. The molecule has 8 nitrogen and oxygen atoms in total. The number of amides is 3. The zero-order valence-electron chi connectivity index (χ0n) is 22.8. The molecule has 5 aromatic rings. The largest absolute Gasteiger partial charge is 0.508 e. The Bertz CT molecular complexity index is 1730. The third-order valence-electron chi connectivity index (χ3n) is 6.79. The maximum Gasteiger partial charge on any atom is 0.255 e. The van der Waals surface area contributed by atoms with E-state index in [-0.39, 0.29) is 17.7 Å². The van der Waals surface area contributed by atoms with Crippen LogP contribution in [-0.4, -0.2) is 36.0 Å². The number of fused-ring (bicyclic) bond motifs is 1. The maximum absolute atomic E-state index is 13.6. The van der Waals surface area contributed by atoms with Crippen molar-refractivity contribution in [3.8, 4) is 11.5 Å². The lowest BCUT2D eigenvalue weighted by molar-refractivity contribution is -0.118. The standard InChI is InChI=1S/C34H29N3O5/c1-42-28-18-13-24(14-19-28)32(39)36-30-9-5-4-8-29(30)33(40)37-31(20-22-10-16-27(38)17-11-22)34(41)35-26-15-12-23-6-2-3-7-25(23)21-26/h2-19,21,31,38H,20H2,1H3,(H,35,41)(H,36,39)(H,37,40)/t31-/m1/s1. The van der Waals surface area contributed by atoms with Gasteiger partial charge in [0.05, 0.1) is 18.4 Å². The Kier molecular flexibility index (Phi) is 8.44. The van der Waals surface area contributed by atoms with E-state index in [0.717, 1.165) is 16.3 Å². The van der Waals surface area contributed by atoms with Crippen LogP contribution in [0.25, 0.3) is 10.8 Å². The smallest absolute Gasteiger partial charge is 0.255 e. The number of aromatic hydroxyl groups is 1. The summed E-state index contributed by atoms with van der Waals surface area (Å²) in [6.07, 6.45) is 0.172. The number of carbonyl (C=O) groups is 3. The number of methoxy groups -OCH3 is 1. The number of phenolic OH excluding ortho intramolecular Hbond substituents is 1. The molecule has 4 N–H and O–H groups in total. The van der Waals surface area contributed by atoms with E-state index < -0.39 is 23.8 Å². The van der Waals surface area contributed by atoms with Crippen LogP contribution in [0.1, 0.15) is 26.3 Å². The molecular weight excluding hydrogens is 530 g/mol. The lowest BCUT2D eigenvalue weighted by Gasteiger charge is -2.20. The Balaban J connectivity index is 1.37. The second-order valence-electron chi connectivity index (χ2n) is 9.68. The first-order chi connectivity index (χ1) is 20.4. The first-order valence-electron chi connectivity index (χ1n) is 13.3. The molecule has 0 unspecified atom stereocenters. The quantitative estimate of drug-likeness (QED) is 0.183. The van der Waals surface area contributed by atoms with E-state index >= 15 is 0 Å². The van der Waals surface area contributed by atoms with Gasteiger partial charge in [0, 0.05) is 17.7 Å². The second-order valence-corrected chi connectivity index (χ2v) is 9.68. The van der Waals surface area contributed by atoms with Gasteiger partial charge in [0.1, 0.15) is 17.5 Å². The molecule has 0 radical (unpaired) electrons. The molecule has 0 fully saturated rings. The fraction of sp³-hybridized carbons (Fsp3) is 0.0882. The monoisotopic (exact) mass is 559 g/mol. The summed E-state index contributed by atoms with van der Waals surface area (Å²) in [5.74, 6) is -0.619. The topological polar surface area (TPSA) is 117 Å².